The van der Waals surface area contributed by atoms with Crippen LogP contribution in [0.15, 0.2) is 5.10 Å². The molecule has 1 saturated heterocycles. The minimum Gasteiger partial charge on any atom is -0.443 e. The lowest BCUT2D eigenvalue weighted by molar-refractivity contribution is 0.0529. The van der Waals surface area contributed by atoms with Crippen LogP contribution in [0.5, 0.6) is 0 Å². The van der Waals surface area contributed by atoms with Crippen molar-refractivity contribution >= 4 is 11.8 Å². The van der Waals surface area contributed by atoms with Crippen molar-refractivity contribution in [2.45, 2.75) is 52.2 Å². The van der Waals surface area contributed by atoms with Gasteiger partial charge in [-0.25, -0.2) is 10.2 Å². The standard InChI is InChI=1S/C11H21N3O2/c1-8-5-6-9(7-12-8)13-14-10(15)16-11(2,3)4/h8,12H,5-7H2,1-4H3,(H,14,15)/b13-9+. The number of rotatable bonds is 1. The Labute approximate surface area is 96.6 Å². The van der Waals surface area contributed by atoms with Crippen molar-refractivity contribution in [1.82, 2.24) is 10.7 Å². The lowest BCUT2D eigenvalue weighted by atomic mass is 10.1. The summed E-state index contributed by atoms with van der Waals surface area (Å²) < 4.78 is 5.07. The van der Waals surface area contributed by atoms with Crippen molar-refractivity contribution < 1.29 is 9.53 Å². The van der Waals surface area contributed by atoms with Gasteiger partial charge in [-0.1, -0.05) is 0 Å². The van der Waals surface area contributed by atoms with Crippen LogP contribution in [-0.4, -0.2) is 30.0 Å². The molecule has 0 radical (unpaired) electrons. The molecule has 5 nitrogen and oxygen atoms in total. The molecule has 0 aliphatic carbocycles. The van der Waals surface area contributed by atoms with E-state index in [1.165, 1.54) is 0 Å². The van der Waals surface area contributed by atoms with Gasteiger partial charge in [0, 0.05) is 12.6 Å². The van der Waals surface area contributed by atoms with Crippen LogP contribution in [0, 0.1) is 0 Å². The SMILES string of the molecule is CC1CC/C(=N\NC(=O)OC(C)(C)C)CN1. The van der Waals surface area contributed by atoms with Gasteiger partial charge in [0.1, 0.15) is 5.60 Å². The molecule has 1 heterocycles. The summed E-state index contributed by atoms with van der Waals surface area (Å²) in [7, 11) is 0. The van der Waals surface area contributed by atoms with E-state index in [-0.39, 0.29) is 0 Å². The summed E-state index contributed by atoms with van der Waals surface area (Å²) in [6.07, 6.45) is 1.47. The van der Waals surface area contributed by atoms with E-state index in [0.717, 1.165) is 25.1 Å². The molecule has 16 heavy (non-hydrogen) atoms. The Morgan fingerprint density at radius 1 is 1.56 bits per heavy atom. The molecule has 5 heteroatoms. The second-order valence-electron chi connectivity index (χ2n) is 5.11. The molecule has 1 rings (SSSR count). The summed E-state index contributed by atoms with van der Waals surface area (Å²) in [4.78, 5) is 11.3. The Bertz CT molecular complexity index is 271. The Morgan fingerprint density at radius 2 is 2.25 bits per heavy atom. The van der Waals surface area contributed by atoms with Crippen molar-refractivity contribution in [3.63, 3.8) is 0 Å². The summed E-state index contributed by atoms with van der Waals surface area (Å²) >= 11 is 0. The largest absolute Gasteiger partial charge is 0.443 e. The minimum absolute atomic E-state index is 0.483. The molecule has 0 saturated carbocycles. The second-order valence-corrected chi connectivity index (χ2v) is 5.11. The highest BCUT2D eigenvalue weighted by atomic mass is 16.6. The average Bonchev–Trinajstić information content (AvgIpc) is 2.14. The summed E-state index contributed by atoms with van der Waals surface area (Å²) in [6, 6.07) is 0.528. The van der Waals surface area contributed by atoms with Crippen LogP contribution in [-0.2, 0) is 4.74 Å². The maximum atomic E-state index is 11.3. The van der Waals surface area contributed by atoms with E-state index in [2.05, 4.69) is 22.8 Å². The first kappa shape index (κ1) is 13.0. The van der Waals surface area contributed by atoms with Crippen molar-refractivity contribution in [3.05, 3.63) is 0 Å². The van der Waals surface area contributed by atoms with Gasteiger partial charge in [0.2, 0.25) is 0 Å². The molecule has 1 aliphatic heterocycles. The van der Waals surface area contributed by atoms with Crippen molar-refractivity contribution in [1.29, 1.82) is 0 Å². The quantitative estimate of drug-likeness (QED) is 0.669. The van der Waals surface area contributed by atoms with Crippen LogP contribution in [0.25, 0.3) is 0 Å². The summed E-state index contributed by atoms with van der Waals surface area (Å²) in [5, 5.41) is 7.31. The number of hydrogen-bond acceptors (Lipinski definition) is 4. The minimum atomic E-state index is -0.501. The first-order valence-electron chi connectivity index (χ1n) is 5.64. The van der Waals surface area contributed by atoms with E-state index in [1.54, 1.807) is 0 Å². The molecule has 1 amide bonds. The molecule has 0 spiro atoms. The fourth-order valence-electron chi connectivity index (χ4n) is 1.39. The van der Waals surface area contributed by atoms with Gasteiger partial charge >= 0.3 is 6.09 Å². The molecular weight excluding hydrogens is 206 g/mol. The summed E-state index contributed by atoms with van der Waals surface area (Å²) in [5.41, 5.74) is 2.89. The number of ether oxygens (including phenoxy) is 1. The molecular formula is C11H21N3O2. The first-order valence-corrected chi connectivity index (χ1v) is 5.64. The zero-order chi connectivity index (χ0) is 12.2. The molecule has 1 fully saturated rings. The molecule has 0 aromatic heterocycles. The monoisotopic (exact) mass is 227 g/mol. The predicted octanol–water partition coefficient (Wildman–Crippen LogP) is 1.64. The number of amides is 1. The van der Waals surface area contributed by atoms with Crippen molar-refractivity contribution in [3.8, 4) is 0 Å². The topological polar surface area (TPSA) is 62.7 Å². The van der Waals surface area contributed by atoms with E-state index in [9.17, 15) is 4.79 Å². The lowest BCUT2D eigenvalue weighted by Gasteiger charge is -2.21. The molecule has 0 aromatic carbocycles. The van der Waals surface area contributed by atoms with E-state index in [0.29, 0.717) is 6.04 Å². The van der Waals surface area contributed by atoms with Gasteiger partial charge in [0.25, 0.3) is 0 Å². The zero-order valence-electron chi connectivity index (χ0n) is 10.5. The van der Waals surface area contributed by atoms with E-state index in [4.69, 9.17) is 4.74 Å². The number of hydrazone groups is 1. The maximum absolute atomic E-state index is 11.3. The summed E-state index contributed by atoms with van der Waals surface area (Å²) in [6.45, 7) is 8.34. The van der Waals surface area contributed by atoms with E-state index >= 15 is 0 Å². The highest BCUT2D eigenvalue weighted by Gasteiger charge is 2.16. The Hall–Kier alpha value is -1.10. The molecule has 1 unspecified atom stereocenters. The van der Waals surface area contributed by atoms with Gasteiger partial charge in [-0.3, -0.25) is 0 Å². The van der Waals surface area contributed by atoms with Crippen LogP contribution in [0.4, 0.5) is 4.79 Å². The van der Waals surface area contributed by atoms with Gasteiger partial charge in [0.15, 0.2) is 0 Å². The molecule has 0 bridgehead atoms. The molecule has 92 valence electrons. The highest BCUT2D eigenvalue weighted by molar-refractivity contribution is 5.88. The molecule has 1 atom stereocenters. The fraction of sp³-hybridized carbons (Fsp3) is 0.818. The normalized spacial score (nSPS) is 24.2. The third-order valence-electron chi connectivity index (χ3n) is 2.22. The van der Waals surface area contributed by atoms with Crippen molar-refractivity contribution in [2.24, 2.45) is 5.10 Å². The van der Waals surface area contributed by atoms with Gasteiger partial charge in [0.05, 0.1) is 5.71 Å². The van der Waals surface area contributed by atoms with Crippen LogP contribution in [0.3, 0.4) is 0 Å². The third-order valence-corrected chi connectivity index (χ3v) is 2.22. The molecule has 1 aliphatic rings. The summed E-state index contributed by atoms with van der Waals surface area (Å²) in [5.74, 6) is 0. The molecule has 2 N–H and O–H groups in total. The Balaban J connectivity index is 2.33. The number of hydrogen-bond donors (Lipinski definition) is 2. The first-order chi connectivity index (χ1) is 7.37. The maximum Gasteiger partial charge on any atom is 0.428 e. The van der Waals surface area contributed by atoms with Crippen LogP contribution < -0.4 is 10.7 Å². The molecule has 0 aromatic rings. The Morgan fingerprint density at radius 3 is 2.75 bits per heavy atom. The van der Waals surface area contributed by atoms with Crippen LogP contribution in [0.2, 0.25) is 0 Å². The number of nitrogens with zero attached hydrogens (tertiary/aromatic N) is 1. The highest BCUT2D eigenvalue weighted by Crippen LogP contribution is 2.07. The zero-order valence-corrected chi connectivity index (χ0v) is 10.5. The third kappa shape index (κ3) is 5.11. The second kappa shape index (κ2) is 5.30. The Kier molecular flexibility index (Phi) is 4.29. The van der Waals surface area contributed by atoms with E-state index < -0.39 is 11.7 Å². The lowest BCUT2D eigenvalue weighted by Crippen LogP contribution is -2.38. The van der Waals surface area contributed by atoms with Gasteiger partial charge < -0.3 is 10.1 Å². The number of carbonyl (C=O) groups is 1. The fourth-order valence-corrected chi connectivity index (χ4v) is 1.39. The number of carbonyl (C=O) groups excluding carboxylic acids is 1. The van der Waals surface area contributed by atoms with Gasteiger partial charge in [-0.05, 0) is 40.5 Å². The smallest absolute Gasteiger partial charge is 0.428 e. The number of piperidine rings is 1. The average molecular weight is 227 g/mol. The number of nitrogens with one attached hydrogen (secondary N) is 2. The van der Waals surface area contributed by atoms with Crippen LogP contribution >= 0.6 is 0 Å². The van der Waals surface area contributed by atoms with E-state index in [1.807, 2.05) is 20.8 Å². The van der Waals surface area contributed by atoms with Gasteiger partial charge in [-0.2, -0.15) is 5.10 Å². The van der Waals surface area contributed by atoms with Gasteiger partial charge in [-0.15, -0.1) is 0 Å². The predicted molar refractivity (Wildman–Crippen MR) is 63.5 cm³/mol. The van der Waals surface area contributed by atoms with Crippen LogP contribution in [0.1, 0.15) is 40.5 Å². The van der Waals surface area contributed by atoms with Crippen molar-refractivity contribution in [2.75, 3.05) is 6.54 Å².